The molecule has 0 aliphatic carbocycles. The maximum Gasteiger partial charge on any atom is 0.410 e. The summed E-state index contributed by atoms with van der Waals surface area (Å²) >= 11 is 0. The monoisotopic (exact) mass is 328 g/mol. The number of rotatable bonds is 5. The van der Waals surface area contributed by atoms with Crippen molar-refractivity contribution in [3.05, 3.63) is 0 Å². The summed E-state index contributed by atoms with van der Waals surface area (Å²) in [6.07, 6.45) is 0.804. The molecule has 0 aromatic heterocycles. The van der Waals surface area contributed by atoms with Gasteiger partial charge in [0.25, 0.3) is 0 Å². The van der Waals surface area contributed by atoms with Crippen molar-refractivity contribution < 1.29 is 23.9 Å². The average molecular weight is 328 g/mol. The fourth-order valence-electron chi connectivity index (χ4n) is 2.60. The van der Waals surface area contributed by atoms with E-state index in [1.165, 1.54) is 7.11 Å². The first-order chi connectivity index (χ1) is 10.7. The molecule has 2 atom stereocenters. The van der Waals surface area contributed by atoms with E-state index in [2.05, 4.69) is 0 Å². The van der Waals surface area contributed by atoms with Crippen molar-refractivity contribution in [2.75, 3.05) is 26.8 Å². The highest BCUT2D eigenvalue weighted by Gasteiger charge is 2.34. The molecule has 1 heterocycles. The molecule has 1 fully saturated rings. The van der Waals surface area contributed by atoms with E-state index in [1.807, 2.05) is 27.7 Å². The Hall–Kier alpha value is -1.63. The van der Waals surface area contributed by atoms with Crippen molar-refractivity contribution in [3.63, 3.8) is 0 Å². The van der Waals surface area contributed by atoms with Gasteiger partial charge in [0.1, 0.15) is 11.9 Å². The quantitative estimate of drug-likeness (QED) is 0.714. The highest BCUT2D eigenvalue weighted by atomic mass is 16.6. The topological polar surface area (TPSA) is 76.2 Å². The van der Waals surface area contributed by atoms with E-state index in [0.717, 1.165) is 6.29 Å². The van der Waals surface area contributed by atoms with Gasteiger partial charge in [0.15, 0.2) is 0 Å². The van der Waals surface area contributed by atoms with Crippen LogP contribution < -0.4 is 0 Å². The van der Waals surface area contributed by atoms with E-state index < -0.39 is 11.7 Å². The second-order valence-electron chi connectivity index (χ2n) is 6.83. The summed E-state index contributed by atoms with van der Waals surface area (Å²) in [5.74, 6) is -0.0770. The van der Waals surface area contributed by atoms with Crippen LogP contribution in [0.25, 0.3) is 0 Å². The maximum absolute atomic E-state index is 12.4. The van der Waals surface area contributed by atoms with Crippen molar-refractivity contribution in [1.29, 1.82) is 0 Å². The van der Waals surface area contributed by atoms with Crippen molar-refractivity contribution in [1.82, 2.24) is 9.80 Å². The number of carbonyl (C=O) groups excluding carboxylic acids is 3. The van der Waals surface area contributed by atoms with Crippen molar-refractivity contribution in [2.24, 2.45) is 0 Å². The number of hydrogen-bond donors (Lipinski definition) is 0. The first-order valence-corrected chi connectivity index (χ1v) is 7.91. The lowest BCUT2D eigenvalue weighted by Gasteiger charge is -2.33. The summed E-state index contributed by atoms with van der Waals surface area (Å²) in [5, 5.41) is 0. The van der Waals surface area contributed by atoms with Gasteiger partial charge in [-0.15, -0.1) is 0 Å². The molecule has 1 aliphatic rings. The van der Waals surface area contributed by atoms with Crippen LogP contribution in [0.4, 0.5) is 4.79 Å². The summed E-state index contributed by atoms with van der Waals surface area (Å²) in [4.78, 5) is 38.8. The third-order valence-corrected chi connectivity index (χ3v) is 3.68. The highest BCUT2D eigenvalue weighted by Crippen LogP contribution is 2.18. The van der Waals surface area contributed by atoms with E-state index >= 15 is 0 Å². The van der Waals surface area contributed by atoms with Crippen LogP contribution in [0, 0.1) is 0 Å². The van der Waals surface area contributed by atoms with Crippen LogP contribution in [0.5, 0.6) is 0 Å². The lowest BCUT2D eigenvalue weighted by Crippen LogP contribution is -2.48. The van der Waals surface area contributed by atoms with Crippen LogP contribution in [-0.2, 0) is 19.1 Å². The third kappa shape index (κ3) is 5.82. The van der Waals surface area contributed by atoms with Gasteiger partial charge in [0, 0.05) is 39.1 Å². The summed E-state index contributed by atoms with van der Waals surface area (Å²) in [6.45, 7) is 8.27. The molecule has 1 rings (SSSR count). The minimum Gasteiger partial charge on any atom is -0.444 e. The van der Waals surface area contributed by atoms with Crippen LogP contribution in [0.15, 0.2) is 0 Å². The molecule has 2 amide bonds. The van der Waals surface area contributed by atoms with Crippen LogP contribution in [0.2, 0.25) is 0 Å². The summed E-state index contributed by atoms with van der Waals surface area (Å²) < 4.78 is 10.5. The first-order valence-electron chi connectivity index (χ1n) is 7.91. The molecular formula is C16H28N2O5. The first kappa shape index (κ1) is 19.4. The van der Waals surface area contributed by atoms with Gasteiger partial charge >= 0.3 is 6.09 Å². The Morgan fingerprint density at radius 2 is 2.09 bits per heavy atom. The Bertz CT molecular complexity index is 433. The Morgan fingerprint density at radius 1 is 1.43 bits per heavy atom. The predicted octanol–water partition coefficient (Wildman–Crippen LogP) is 1.45. The standard InChI is InChI=1S/C16H28N2O5/c1-12-10-18(13(7-9-19)11-22-5)14(20)6-8-17(12)15(21)23-16(2,3)4/h9,12-13H,6-8,10-11H2,1-5H3/t12?,13-/m0/s1. The van der Waals surface area contributed by atoms with Gasteiger partial charge < -0.3 is 24.1 Å². The second kappa shape index (κ2) is 8.29. The highest BCUT2D eigenvalue weighted by molar-refractivity contribution is 5.79. The Kier molecular flexibility index (Phi) is 7.00. The number of amides is 2. The molecule has 0 radical (unpaired) electrons. The number of carbonyl (C=O) groups is 3. The van der Waals surface area contributed by atoms with E-state index in [0.29, 0.717) is 19.7 Å². The normalized spacial score (nSPS) is 20.9. The van der Waals surface area contributed by atoms with Crippen LogP contribution in [0.3, 0.4) is 0 Å². The van der Waals surface area contributed by atoms with Crippen LogP contribution in [0.1, 0.15) is 40.5 Å². The van der Waals surface area contributed by atoms with Gasteiger partial charge in [-0.2, -0.15) is 0 Å². The fraction of sp³-hybridized carbons (Fsp3) is 0.812. The Labute approximate surface area is 137 Å². The molecule has 7 nitrogen and oxygen atoms in total. The molecular weight excluding hydrogens is 300 g/mol. The van der Waals surface area contributed by atoms with Crippen molar-refractivity contribution >= 4 is 18.3 Å². The van der Waals surface area contributed by atoms with E-state index in [9.17, 15) is 14.4 Å². The molecule has 0 aromatic rings. The van der Waals surface area contributed by atoms with Gasteiger partial charge in [0.05, 0.1) is 12.6 Å². The molecule has 132 valence electrons. The van der Waals surface area contributed by atoms with Gasteiger partial charge in [-0.25, -0.2) is 4.79 Å². The van der Waals surface area contributed by atoms with Crippen molar-refractivity contribution in [3.8, 4) is 0 Å². The van der Waals surface area contributed by atoms with E-state index in [-0.39, 0.29) is 30.8 Å². The smallest absolute Gasteiger partial charge is 0.410 e. The molecule has 0 saturated carbocycles. The van der Waals surface area contributed by atoms with Crippen molar-refractivity contribution in [2.45, 2.75) is 58.2 Å². The zero-order chi connectivity index (χ0) is 17.6. The molecule has 23 heavy (non-hydrogen) atoms. The molecule has 0 bridgehead atoms. The number of methoxy groups -OCH3 is 1. The van der Waals surface area contributed by atoms with Gasteiger partial charge in [-0.3, -0.25) is 4.79 Å². The van der Waals surface area contributed by atoms with Gasteiger partial charge in [-0.1, -0.05) is 0 Å². The largest absolute Gasteiger partial charge is 0.444 e. The predicted molar refractivity (Wildman–Crippen MR) is 85.1 cm³/mol. The molecule has 1 unspecified atom stereocenters. The summed E-state index contributed by atoms with van der Waals surface area (Å²) in [7, 11) is 1.54. The number of aldehydes is 1. The Morgan fingerprint density at radius 3 is 2.61 bits per heavy atom. The van der Waals surface area contributed by atoms with E-state index in [4.69, 9.17) is 9.47 Å². The summed E-state index contributed by atoms with van der Waals surface area (Å²) in [5.41, 5.74) is -0.580. The zero-order valence-corrected chi connectivity index (χ0v) is 14.7. The van der Waals surface area contributed by atoms with Crippen LogP contribution >= 0.6 is 0 Å². The molecule has 1 saturated heterocycles. The number of hydrogen-bond acceptors (Lipinski definition) is 5. The maximum atomic E-state index is 12.4. The van der Waals surface area contributed by atoms with Gasteiger partial charge in [-0.05, 0) is 27.7 Å². The number of ether oxygens (including phenoxy) is 2. The van der Waals surface area contributed by atoms with E-state index in [1.54, 1.807) is 9.80 Å². The SMILES string of the molecule is COC[C@H](CC=O)N1CC(C)N(C(=O)OC(C)(C)C)CCC1=O. The Balaban J connectivity index is 2.85. The minimum absolute atomic E-state index is 0.0770. The third-order valence-electron chi connectivity index (χ3n) is 3.68. The minimum atomic E-state index is -0.580. The lowest BCUT2D eigenvalue weighted by molar-refractivity contribution is -0.134. The summed E-state index contributed by atoms with van der Waals surface area (Å²) in [6, 6.07) is -0.492. The lowest BCUT2D eigenvalue weighted by atomic mass is 10.1. The molecule has 0 spiro atoms. The molecule has 0 aromatic carbocycles. The molecule has 1 aliphatic heterocycles. The second-order valence-corrected chi connectivity index (χ2v) is 6.83. The van der Waals surface area contributed by atoms with Crippen LogP contribution in [-0.4, -0.2) is 72.6 Å². The fourth-order valence-corrected chi connectivity index (χ4v) is 2.60. The molecule has 0 N–H and O–H groups in total. The van der Waals surface area contributed by atoms with Gasteiger partial charge in [0.2, 0.25) is 5.91 Å². The number of nitrogens with zero attached hydrogens (tertiary/aromatic N) is 2. The average Bonchev–Trinajstić information content (AvgIpc) is 2.56. The zero-order valence-electron chi connectivity index (χ0n) is 14.7. The molecule has 7 heteroatoms.